The Morgan fingerprint density at radius 2 is 1.85 bits per heavy atom. The predicted octanol–water partition coefficient (Wildman–Crippen LogP) is 3.24. The van der Waals surface area contributed by atoms with E-state index in [0.29, 0.717) is 5.15 Å². The van der Waals surface area contributed by atoms with E-state index >= 15 is 0 Å². The van der Waals surface area contributed by atoms with Crippen molar-refractivity contribution in [3.8, 4) is 0 Å². The number of nitrogens with one attached hydrogen (secondary N) is 1. The van der Waals surface area contributed by atoms with Crippen molar-refractivity contribution in [1.29, 1.82) is 0 Å². The Balaban J connectivity index is 2.04. The molecule has 112 valence electrons. The van der Waals surface area contributed by atoms with E-state index < -0.39 is 0 Å². The van der Waals surface area contributed by atoms with Gasteiger partial charge in [-0.25, -0.2) is 9.97 Å². The normalized spacial score (nSPS) is 16.6. The molecule has 2 rings (SSSR count). The van der Waals surface area contributed by atoms with Gasteiger partial charge in [-0.15, -0.1) is 0 Å². The topological polar surface area (TPSA) is 41.1 Å². The van der Waals surface area contributed by atoms with Crippen LogP contribution in [0.5, 0.6) is 0 Å². The molecular formula is C15H25ClN4. The summed E-state index contributed by atoms with van der Waals surface area (Å²) in [4.78, 5) is 11.5. The number of halogens is 1. The summed E-state index contributed by atoms with van der Waals surface area (Å²) >= 11 is 6.23. The van der Waals surface area contributed by atoms with Crippen LogP contribution in [-0.4, -0.2) is 41.0 Å². The van der Waals surface area contributed by atoms with Crippen LogP contribution in [0.3, 0.4) is 0 Å². The molecule has 0 spiro atoms. The molecule has 0 unspecified atom stereocenters. The van der Waals surface area contributed by atoms with Crippen LogP contribution in [-0.2, 0) is 5.41 Å². The van der Waals surface area contributed by atoms with E-state index in [1.165, 1.54) is 25.9 Å². The predicted molar refractivity (Wildman–Crippen MR) is 84.6 cm³/mol. The summed E-state index contributed by atoms with van der Waals surface area (Å²) in [6.07, 6.45) is 2.65. The van der Waals surface area contributed by atoms with Crippen LogP contribution < -0.4 is 5.32 Å². The number of hydrogen-bond acceptors (Lipinski definition) is 4. The minimum absolute atomic E-state index is 0.0945. The van der Waals surface area contributed by atoms with Crippen LogP contribution >= 0.6 is 11.6 Å². The number of hydrogen-bond donors (Lipinski definition) is 1. The molecule has 1 aromatic heterocycles. The minimum Gasteiger partial charge on any atom is -0.368 e. The van der Waals surface area contributed by atoms with Crippen molar-refractivity contribution in [1.82, 2.24) is 14.9 Å². The maximum absolute atomic E-state index is 6.23. The lowest BCUT2D eigenvalue weighted by Gasteiger charge is -2.20. The van der Waals surface area contributed by atoms with E-state index in [4.69, 9.17) is 11.6 Å². The molecule has 0 saturated carbocycles. The molecule has 5 heteroatoms. The fourth-order valence-electron chi connectivity index (χ4n) is 2.34. The van der Waals surface area contributed by atoms with Gasteiger partial charge in [0.15, 0.2) is 0 Å². The summed E-state index contributed by atoms with van der Waals surface area (Å²) in [6, 6.07) is 0. The maximum Gasteiger partial charge on any atom is 0.137 e. The van der Waals surface area contributed by atoms with Crippen molar-refractivity contribution >= 4 is 17.4 Å². The number of aromatic nitrogens is 2. The van der Waals surface area contributed by atoms with Crippen molar-refractivity contribution in [2.24, 2.45) is 0 Å². The Bertz CT molecular complexity index is 462. The lowest BCUT2D eigenvalue weighted by molar-refractivity contribution is 0.352. The first-order valence-electron chi connectivity index (χ1n) is 7.39. The molecule has 4 nitrogen and oxygen atoms in total. The summed E-state index contributed by atoms with van der Waals surface area (Å²) < 4.78 is 0. The van der Waals surface area contributed by atoms with Crippen LogP contribution in [0.25, 0.3) is 0 Å². The highest BCUT2D eigenvalue weighted by Crippen LogP contribution is 2.25. The fraction of sp³-hybridized carbons (Fsp3) is 0.733. The lowest BCUT2D eigenvalue weighted by atomic mass is 9.95. The molecule has 0 atom stereocenters. The van der Waals surface area contributed by atoms with Crippen molar-refractivity contribution in [3.05, 3.63) is 16.5 Å². The summed E-state index contributed by atoms with van der Waals surface area (Å²) in [5, 5.41) is 3.97. The molecule has 0 radical (unpaired) electrons. The second-order valence-corrected chi connectivity index (χ2v) is 6.90. The van der Waals surface area contributed by atoms with E-state index in [9.17, 15) is 0 Å². The third-order valence-electron chi connectivity index (χ3n) is 3.68. The number of rotatable bonds is 4. The average Bonchev–Trinajstić information content (AvgIpc) is 2.86. The van der Waals surface area contributed by atoms with Gasteiger partial charge in [0.1, 0.15) is 16.8 Å². The lowest BCUT2D eigenvalue weighted by Crippen LogP contribution is -2.27. The van der Waals surface area contributed by atoms with Gasteiger partial charge in [0.05, 0.1) is 0 Å². The van der Waals surface area contributed by atoms with Crippen LogP contribution in [0.15, 0.2) is 0 Å². The van der Waals surface area contributed by atoms with Crippen LogP contribution in [0.1, 0.15) is 45.0 Å². The van der Waals surface area contributed by atoms with Gasteiger partial charge in [0.25, 0.3) is 0 Å². The minimum atomic E-state index is -0.0945. The molecule has 1 saturated heterocycles. The molecule has 2 heterocycles. The van der Waals surface area contributed by atoms with E-state index in [1.54, 1.807) is 0 Å². The zero-order valence-corrected chi connectivity index (χ0v) is 13.7. The molecule has 20 heavy (non-hydrogen) atoms. The number of anilines is 1. The van der Waals surface area contributed by atoms with Crippen molar-refractivity contribution in [3.63, 3.8) is 0 Å². The van der Waals surface area contributed by atoms with Gasteiger partial charge >= 0.3 is 0 Å². The zero-order chi connectivity index (χ0) is 14.8. The quantitative estimate of drug-likeness (QED) is 0.866. The summed E-state index contributed by atoms with van der Waals surface area (Å²) in [7, 11) is 0. The van der Waals surface area contributed by atoms with Gasteiger partial charge in [0, 0.05) is 24.1 Å². The third kappa shape index (κ3) is 3.83. The summed E-state index contributed by atoms with van der Waals surface area (Å²) in [5.41, 5.74) is 0.837. The van der Waals surface area contributed by atoms with Crippen molar-refractivity contribution in [2.75, 3.05) is 31.5 Å². The molecule has 0 aromatic carbocycles. The van der Waals surface area contributed by atoms with Gasteiger partial charge in [-0.05, 0) is 32.9 Å². The van der Waals surface area contributed by atoms with Gasteiger partial charge in [-0.2, -0.15) is 0 Å². The van der Waals surface area contributed by atoms with E-state index in [0.717, 1.165) is 30.3 Å². The number of nitrogens with zero attached hydrogens (tertiary/aromatic N) is 3. The van der Waals surface area contributed by atoms with Gasteiger partial charge in [-0.3, -0.25) is 0 Å². The Morgan fingerprint density at radius 1 is 1.20 bits per heavy atom. The number of likely N-dealkylation sites (tertiary alicyclic amines) is 1. The first-order valence-corrected chi connectivity index (χ1v) is 7.76. The van der Waals surface area contributed by atoms with E-state index in [1.807, 2.05) is 6.92 Å². The Hall–Kier alpha value is -0.870. The first-order chi connectivity index (χ1) is 9.38. The highest BCUT2D eigenvalue weighted by Gasteiger charge is 2.20. The van der Waals surface area contributed by atoms with Crippen molar-refractivity contribution < 1.29 is 0 Å². The Kier molecular flexibility index (Phi) is 4.86. The molecular weight excluding hydrogens is 272 g/mol. The standard InChI is InChI=1S/C15H25ClN4/c1-11-12(16)18-14(15(2,3)4)19-13(11)17-7-10-20-8-5-6-9-20/h5-10H2,1-4H3,(H,17,18,19). The molecule has 0 amide bonds. The van der Waals surface area contributed by atoms with Gasteiger partial charge < -0.3 is 10.2 Å². The molecule has 0 aliphatic carbocycles. The fourth-order valence-corrected chi connectivity index (χ4v) is 2.51. The molecule has 1 aliphatic rings. The highest BCUT2D eigenvalue weighted by molar-refractivity contribution is 6.30. The molecule has 1 N–H and O–H groups in total. The largest absolute Gasteiger partial charge is 0.368 e. The summed E-state index contributed by atoms with van der Waals surface area (Å²) in [5.74, 6) is 1.66. The maximum atomic E-state index is 6.23. The molecule has 1 aromatic rings. The van der Waals surface area contributed by atoms with Gasteiger partial charge in [-0.1, -0.05) is 32.4 Å². The van der Waals surface area contributed by atoms with Crippen molar-refractivity contribution in [2.45, 2.75) is 46.0 Å². The van der Waals surface area contributed by atoms with Gasteiger partial charge in [0.2, 0.25) is 0 Å². The van der Waals surface area contributed by atoms with Crippen LogP contribution in [0.4, 0.5) is 5.82 Å². The molecule has 1 aliphatic heterocycles. The monoisotopic (exact) mass is 296 g/mol. The Morgan fingerprint density at radius 3 is 2.45 bits per heavy atom. The average molecular weight is 297 g/mol. The zero-order valence-electron chi connectivity index (χ0n) is 13.0. The first kappa shape index (κ1) is 15.5. The summed E-state index contributed by atoms with van der Waals surface area (Å²) in [6.45, 7) is 12.7. The molecule has 0 bridgehead atoms. The van der Waals surface area contributed by atoms with E-state index in [2.05, 4.69) is 41.0 Å². The Labute approximate surface area is 126 Å². The van der Waals surface area contributed by atoms with E-state index in [-0.39, 0.29) is 5.41 Å². The second-order valence-electron chi connectivity index (χ2n) is 6.54. The van der Waals surface area contributed by atoms with Crippen LogP contribution in [0, 0.1) is 6.92 Å². The second kappa shape index (κ2) is 6.27. The highest BCUT2D eigenvalue weighted by atomic mass is 35.5. The smallest absolute Gasteiger partial charge is 0.137 e. The van der Waals surface area contributed by atoms with Crippen LogP contribution in [0.2, 0.25) is 5.15 Å². The SMILES string of the molecule is Cc1c(Cl)nc(C(C)(C)C)nc1NCCN1CCCC1. The third-order valence-corrected chi connectivity index (χ3v) is 4.04. The molecule has 1 fully saturated rings.